The first-order valence-corrected chi connectivity index (χ1v) is 7.58. The zero-order chi connectivity index (χ0) is 15.7. The first-order chi connectivity index (χ1) is 10.1. The van der Waals surface area contributed by atoms with Gasteiger partial charge in [0, 0.05) is 12.6 Å². The molecule has 1 aromatic rings. The van der Waals surface area contributed by atoms with Crippen LogP contribution in [0.15, 0.2) is 18.2 Å². The van der Waals surface area contributed by atoms with Crippen molar-refractivity contribution in [1.29, 1.82) is 0 Å². The molecule has 6 heteroatoms. The van der Waals surface area contributed by atoms with Crippen LogP contribution in [-0.2, 0) is 6.54 Å². The Hall–Kier alpha value is -1.66. The van der Waals surface area contributed by atoms with Crippen molar-refractivity contribution in [3.8, 4) is 0 Å². The predicted molar refractivity (Wildman–Crippen MR) is 86.0 cm³/mol. The highest BCUT2D eigenvalue weighted by Gasteiger charge is 2.14. The summed E-state index contributed by atoms with van der Waals surface area (Å²) in [6, 6.07) is 5.09. The van der Waals surface area contributed by atoms with E-state index in [4.69, 9.17) is 5.84 Å². The zero-order valence-corrected chi connectivity index (χ0v) is 13.0. The van der Waals surface area contributed by atoms with E-state index in [1.165, 1.54) is 31.7 Å². The molecule has 0 aliphatic rings. The SMILES string of the molecule is CCCCN(CCCC)Cc1ccc([N+](=O)[O-])c(NN)c1. The van der Waals surface area contributed by atoms with Crippen molar-refractivity contribution < 1.29 is 4.92 Å². The Balaban J connectivity index is 2.79. The molecule has 0 saturated heterocycles. The smallest absolute Gasteiger partial charge is 0.293 e. The summed E-state index contributed by atoms with van der Waals surface area (Å²) in [5, 5.41) is 10.9. The van der Waals surface area contributed by atoms with Crippen LogP contribution in [0, 0.1) is 10.1 Å². The van der Waals surface area contributed by atoms with Gasteiger partial charge in [0.15, 0.2) is 0 Å². The first kappa shape index (κ1) is 17.4. The molecule has 0 radical (unpaired) electrons. The molecule has 0 aliphatic carbocycles. The van der Waals surface area contributed by atoms with Crippen molar-refractivity contribution in [2.45, 2.75) is 46.1 Å². The summed E-state index contributed by atoms with van der Waals surface area (Å²) >= 11 is 0. The summed E-state index contributed by atoms with van der Waals surface area (Å²) in [6.45, 7) is 7.27. The summed E-state index contributed by atoms with van der Waals surface area (Å²) in [7, 11) is 0. The van der Waals surface area contributed by atoms with Crippen molar-refractivity contribution in [3.05, 3.63) is 33.9 Å². The summed E-state index contributed by atoms with van der Waals surface area (Å²) in [6.07, 6.45) is 4.66. The molecule has 0 fully saturated rings. The van der Waals surface area contributed by atoms with Crippen LogP contribution < -0.4 is 11.3 Å². The van der Waals surface area contributed by atoms with E-state index in [1.807, 2.05) is 6.07 Å². The van der Waals surface area contributed by atoms with Crippen molar-refractivity contribution in [2.24, 2.45) is 5.84 Å². The molecule has 3 N–H and O–H groups in total. The maximum absolute atomic E-state index is 10.9. The summed E-state index contributed by atoms with van der Waals surface area (Å²) in [5.41, 5.74) is 3.83. The van der Waals surface area contributed by atoms with Crippen LogP contribution in [0.1, 0.15) is 45.1 Å². The van der Waals surface area contributed by atoms with E-state index in [9.17, 15) is 10.1 Å². The van der Waals surface area contributed by atoms with Crippen molar-refractivity contribution >= 4 is 11.4 Å². The van der Waals surface area contributed by atoms with Gasteiger partial charge in [-0.05, 0) is 37.6 Å². The van der Waals surface area contributed by atoms with Gasteiger partial charge in [-0.15, -0.1) is 0 Å². The van der Waals surface area contributed by atoms with Crippen LogP contribution in [0.4, 0.5) is 11.4 Å². The van der Waals surface area contributed by atoms with Gasteiger partial charge in [-0.25, -0.2) is 0 Å². The quantitative estimate of drug-likeness (QED) is 0.393. The molecular formula is C15H26N4O2. The number of nitro benzene ring substituents is 1. The molecule has 0 aliphatic heterocycles. The predicted octanol–water partition coefficient (Wildman–Crippen LogP) is 3.28. The molecule has 0 unspecified atom stereocenters. The van der Waals surface area contributed by atoms with Crippen LogP contribution in [0.2, 0.25) is 0 Å². The fourth-order valence-corrected chi connectivity index (χ4v) is 2.25. The average molecular weight is 294 g/mol. The van der Waals surface area contributed by atoms with Gasteiger partial charge in [0.05, 0.1) is 4.92 Å². The number of nitrogen functional groups attached to an aromatic ring is 1. The number of hydrogen-bond donors (Lipinski definition) is 2. The lowest BCUT2D eigenvalue weighted by molar-refractivity contribution is -0.384. The number of hydrazine groups is 1. The van der Waals surface area contributed by atoms with Gasteiger partial charge in [0.25, 0.3) is 5.69 Å². The van der Waals surface area contributed by atoms with E-state index in [-0.39, 0.29) is 5.69 Å². The van der Waals surface area contributed by atoms with E-state index >= 15 is 0 Å². The highest BCUT2D eigenvalue weighted by atomic mass is 16.6. The Morgan fingerprint density at radius 2 is 1.86 bits per heavy atom. The molecule has 0 amide bonds. The molecule has 0 saturated carbocycles. The fourth-order valence-electron chi connectivity index (χ4n) is 2.25. The van der Waals surface area contributed by atoms with E-state index < -0.39 is 4.92 Å². The number of nitro groups is 1. The second-order valence-corrected chi connectivity index (χ2v) is 5.24. The number of anilines is 1. The number of benzene rings is 1. The normalized spacial score (nSPS) is 10.9. The standard InChI is InChI=1S/C15H26N4O2/c1-3-5-9-18(10-6-4-2)12-13-7-8-15(19(20)21)14(11-13)17-16/h7-8,11,17H,3-6,9-10,12,16H2,1-2H3. The van der Waals surface area contributed by atoms with Gasteiger partial charge in [-0.2, -0.15) is 0 Å². The zero-order valence-electron chi connectivity index (χ0n) is 13.0. The van der Waals surface area contributed by atoms with Crippen LogP contribution in [0.5, 0.6) is 0 Å². The topological polar surface area (TPSA) is 84.4 Å². The number of nitrogens with two attached hydrogens (primary N) is 1. The lowest BCUT2D eigenvalue weighted by Crippen LogP contribution is -2.25. The molecule has 1 aromatic carbocycles. The van der Waals surface area contributed by atoms with E-state index in [0.29, 0.717) is 5.69 Å². The van der Waals surface area contributed by atoms with Crippen molar-refractivity contribution in [2.75, 3.05) is 18.5 Å². The molecule has 0 aromatic heterocycles. The number of hydrogen-bond acceptors (Lipinski definition) is 5. The van der Waals surface area contributed by atoms with Crippen LogP contribution in [0.25, 0.3) is 0 Å². The highest BCUT2D eigenvalue weighted by Crippen LogP contribution is 2.25. The summed E-state index contributed by atoms with van der Waals surface area (Å²) in [5.74, 6) is 5.38. The van der Waals surface area contributed by atoms with Gasteiger partial charge in [-0.1, -0.05) is 32.8 Å². The minimum Gasteiger partial charge on any atom is -0.318 e. The average Bonchev–Trinajstić information content (AvgIpc) is 2.49. The first-order valence-electron chi connectivity index (χ1n) is 7.58. The van der Waals surface area contributed by atoms with E-state index in [2.05, 4.69) is 24.2 Å². The lowest BCUT2D eigenvalue weighted by atomic mass is 10.1. The largest absolute Gasteiger partial charge is 0.318 e. The third kappa shape index (κ3) is 5.69. The molecule has 21 heavy (non-hydrogen) atoms. The maximum Gasteiger partial charge on any atom is 0.293 e. The Morgan fingerprint density at radius 3 is 2.33 bits per heavy atom. The number of rotatable bonds is 10. The van der Waals surface area contributed by atoms with Crippen molar-refractivity contribution in [1.82, 2.24) is 4.90 Å². The third-order valence-electron chi connectivity index (χ3n) is 3.48. The van der Waals surface area contributed by atoms with E-state index in [1.54, 1.807) is 6.07 Å². The molecule has 0 bridgehead atoms. The molecule has 0 heterocycles. The van der Waals surface area contributed by atoms with Crippen LogP contribution >= 0.6 is 0 Å². The van der Waals surface area contributed by atoms with Gasteiger partial charge in [-0.3, -0.25) is 20.9 Å². The minimum atomic E-state index is -0.426. The molecule has 6 nitrogen and oxygen atoms in total. The number of unbranched alkanes of at least 4 members (excludes halogenated alkanes) is 2. The van der Waals surface area contributed by atoms with Gasteiger partial charge in [0.2, 0.25) is 0 Å². The van der Waals surface area contributed by atoms with Crippen molar-refractivity contribution in [3.63, 3.8) is 0 Å². The fraction of sp³-hybridized carbons (Fsp3) is 0.600. The molecular weight excluding hydrogens is 268 g/mol. The lowest BCUT2D eigenvalue weighted by Gasteiger charge is -2.22. The van der Waals surface area contributed by atoms with E-state index in [0.717, 1.165) is 25.2 Å². The second-order valence-electron chi connectivity index (χ2n) is 5.24. The third-order valence-corrected chi connectivity index (χ3v) is 3.48. The van der Waals surface area contributed by atoms with Gasteiger partial charge >= 0.3 is 0 Å². The minimum absolute atomic E-state index is 0.00918. The second kappa shape index (κ2) is 9.31. The Kier molecular flexibility index (Phi) is 7.71. The summed E-state index contributed by atoms with van der Waals surface area (Å²) in [4.78, 5) is 12.9. The highest BCUT2D eigenvalue weighted by molar-refractivity contribution is 5.62. The Labute approximate surface area is 126 Å². The molecule has 118 valence electrons. The van der Waals surface area contributed by atoms with Gasteiger partial charge in [0.1, 0.15) is 5.69 Å². The maximum atomic E-state index is 10.9. The van der Waals surface area contributed by atoms with Crippen LogP contribution in [0.3, 0.4) is 0 Å². The van der Waals surface area contributed by atoms with Crippen LogP contribution in [-0.4, -0.2) is 22.9 Å². The Morgan fingerprint density at radius 1 is 1.24 bits per heavy atom. The number of nitrogens with one attached hydrogen (secondary N) is 1. The molecule has 0 atom stereocenters. The molecule has 1 rings (SSSR count). The molecule has 0 spiro atoms. The Bertz CT molecular complexity index is 443. The monoisotopic (exact) mass is 294 g/mol. The summed E-state index contributed by atoms with van der Waals surface area (Å²) < 4.78 is 0. The number of nitrogens with zero attached hydrogens (tertiary/aromatic N) is 2. The van der Waals surface area contributed by atoms with Gasteiger partial charge < -0.3 is 5.43 Å².